The number of nitrogens with zero attached hydrogens (tertiary/aromatic N) is 4. The number of phosphoric acid groups is 1. The van der Waals surface area contributed by atoms with Crippen molar-refractivity contribution in [3.63, 3.8) is 0 Å². The minimum Gasteiger partial charge on any atom is -0.387 e. The number of aliphatic hydroxyl groups excluding tert-OH is 2. The maximum absolute atomic E-state index is 11.6. The number of rotatable bonds is 6. The molecular weight excluding hydrogens is 375 g/mol. The van der Waals surface area contributed by atoms with Gasteiger partial charge < -0.3 is 19.8 Å². The van der Waals surface area contributed by atoms with Gasteiger partial charge in [0.25, 0.3) is 0 Å². The van der Waals surface area contributed by atoms with Gasteiger partial charge in [0.1, 0.15) is 35.2 Å². The number of thiol groups is 1. The molecule has 13 heteroatoms. The van der Waals surface area contributed by atoms with Crippen LogP contribution in [0.5, 0.6) is 0 Å². The summed E-state index contributed by atoms with van der Waals surface area (Å²) in [7, 11) is -4.24. The number of imidazole rings is 1. The van der Waals surface area contributed by atoms with E-state index in [-0.39, 0.29) is 6.61 Å². The molecule has 3 heterocycles. The molecule has 3 N–H and O–H groups in total. The summed E-state index contributed by atoms with van der Waals surface area (Å²) in [5, 5.41) is 20.7. The van der Waals surface area contributed by atoms with E-state index >= 15 is 0 Å². The van der Waals surface area contributed by atoms with E-state index in [1.54, 1.807) is 0 Å². The van der Waals surface area contributed by atoms with Gasteiger partial charge in [0.2, 0.25) is 0 Å². The Balaban J connectivity index is 1.78. The van der Waals surface area contributed by atoms with Gasteiger partial charge in [0, 0.05) is 0 Å². The van der Waals surface area contributed by atoms with Gasteiger partial charge in [-0.05, 0) is 6.92 Å². The number of aliphatic hydroxyl groups is 2. The van der Waals surface area contributed by atoms with Crippen molar-refractivity contribution in [2.75, 3.05) is 13.2 Å². The van der Waals surface area contributed by atoms with E-state index < -0.39 is 39.0 Å². The maximum Gasteiger partial charge on any atom is 0.472 e. The molecule has 0 saturated carbocycles. The van der Waals surface area contributed by atoms with Crippen LogP contribution >= 0.6 is 20.5 Å². The molecule has 2 aromatic rings. The molecule has 1 fully saturated rings. The molecular formula is C12H17N4O7PS. The summed E-state index contributed by atoms with van der Waals surface area (Å²) >= 11 is 4.18. The van der Waals surface area contributed by atoms with Gasteiger partial charge in [-0.15, -0.1) is 12.6 Å². The molecule has 3 unspecified atom stereocenters. The number of ether oxygens (including phenoxy) is 1. The van der Waals surface area contributed by atoms with Crippen molar-refractivity contribution >= 4 is 31.6 Å². The highest BCUT2D eigenvalue weighted by atomic mass is 32.1. The molecule has 1 saturated heterocycles. The Morgan fingerprint density at radius 3 is 2.80 bits per heavy atom. The lowest BCUT2D eigenvalue weighted by molar-refractivity contribution is -0.0513. The van der Waals surface area contributed by atoms with Crippen LogP contribution in [0.1, 0.15) is 13.2 Å². The quantitative estimate of drug-likeness (QED) is 0.298. The highest BCUT2D eigenvalue weighted by molar-refractivity contribution is 7.80. The van der Waals surface area contributed by atoms with Gasteiger partial charge in [0.05, 0.1) is 19.5 Å². The molecule has 1 aliphatic heterocycles. The van der Waals surface area contributed by atoms with Crippen LogP contribution in [0.3, 0.4) is 0 Å². The van der Waals surface area contributed by atoms with Gasteiger partial charge in [-0.3, -0.25) is 13.6 Å². The summed E-state index contributed by atoms with van der Waals surface area (Å²) in [5.74, 6) is 0. The zero-order valence-electron chi connectivity index (χ0n) is 13.0. The van der Waals surface area contributed by atoms with Gasteiger partial charge in [-0.1, -0.05) is 0 Å². The zero-order chi connectivity index (χ0) is 18.2. The first-order valence-electron chi connectivity index (χ1n) is 7.34. The van der Waals surface area contributed by atoms with Crippen molar-refractivity contribution in [1.29, 1.82) is 0 Å². The van der Waals surface area contributed by atoms with Crippen molar-refractivity contribution in [2.45, 2.75) is 36.5 Å². The second kappa shape index (κ2) is 7.25. The van der Waals surface area contributed by atoms with E-state index in [0.717, 1.165) is 0 Å². The summed E-state index contributed by atoms with van der Waals surface area (Å²) in [6.07, 6.45) is -2.07. The molecule has 0 spiro atoms. The normalized spacial score (nSPS) is 29.2. The van der Waals surface area contributed by atoms with Crippen LogP contribution in [-0.4, -0.2) is 66.2 Å². The van der Waals surface area contributed by atoms with Crippen LogP contribution in [0.4, 0.5) is 0 Å². The van der Waals surface area contributed by atoms with Crippen LogP contribution in [-0.2, 0) is 18.3 Å². The molecule has 0 bridgehead atoms. The molecule has 0 aromatic carbocycles. The molecule has 5 atom stereocenters. The summed E-state index contributed by atoms with van der Waals surface area (Å²) in [6, 6.07) is 0. The fourth-order valence-electron chi connectivity index (χ4n) is 2.49. The largest absolute Gasteiger partial charge is 0.472 e. The second-order valence-electron chi connectivity index (χ2n) is 5.25. The molecule has 1 aliphatic rings. The fraction of sp³-hybridized carbons (Fsp3) is 0.583. The van der Waals surface area contributed by atoms with E-state index in [4.69, 9.17) is 9.26 Å². The standard InChI is InChI=1S/C12H17N4O7PS/c1-2-21-24(19,20)22-3-6-8(17)9(18)12(23-6)16-5-15-7-10(16)13-4-14-11(7)25/h4-6,8-9,12,17-18H,2-3H2,1H3,(H,19,20)(H,13,14,25)/t6-,8?,9?,12-/m1/s1. The lowest BCUT2D eigenvalue weighted by atomic mass is 10.1. The lowest BCUT2D eigenvalue weighted by Crippen LogP contribution is -2.33. The van der Waals surface area contributed by atoms with E-state index in [0.29, 0.717) is 16.2 Å². The Bertz CT molecular complexity index is 805. The number of hydrogen-bond donors (Lipinski definition) is 4. The molecule has 0 aliphatic carbocycles. The molecule has 25 heavy (non-hydrogen) atoms. The predicted octanol–water partition coefficient (Wildman–Crippen LogP) is -0.112. The summed E-state index contributed by atoms with van der Waals surface area (Å²) in [4.78, 5) is 21.5. The highest BCUT2D eigenvalue weighted by Crippen LogP contribution is 2.44. The smallest absolute Gasteiger partial charge is 0.387 e. The van der Waals surface area contributed by atoms with Crippen LogP contribution in [0.15, 0.2) is 17.7 Å². The van der Waals surface area contributed by atoms with Crippen LogP contribution < -0.4 is 0 Å². The van der Waals surface area contributed by atoms with E-state index in [2.05, 4.69) is 32.1 Å². The average Bonchev–Trinajstić information content (AvgIpc) is 3.10. The molecule has 0 amide bonds. The van der Waals surface area contributed by atoms with E-state index in [1.807, 2.05) is 0 Å². The Morgan fingerprint density at radius 1 is 1.32 bits per heavy atom. The Hall–Kier alpha value is -1.11. The molecule has 11 nitrogen and oxygen atoms in total. The van der Waals surface area contributed by atoms with Crippen molar-refractivity contribution < 1.29 is 33.5 Å². The third kappa shape index (κ3) is 3.71. The Morgan fingerprint density at radius 2 is 2.08 bits per heavy atom. The average molecular weight is 392 g/mol. The fourth-order valence-corrected chi connectivity index (χ4v) is 3.44. The second-order valence-corrected chi connectivity index (χ2v) is 7.13. The minimum atomic E-state index is -4.24. The SMILES string of the molecule is CCOP(=O)(O)OC[C@H]1O[C@@H](n2cnc3c(S)ncnc32)C(O)C1O. The topological polar surface area (TPSA) is 149 Å². The monoisotopic (exact) mass is 392 g/mol. The summed E-state index contributed by atoms with van der Waals surface area (Å²) < 4.78 is 27.9. The molecule has 3 rings (SSSR count). The molecule has 0 radical (unpaired) electrons. The number of phosphoric ester groups is 1. The Labute approximate surface area is 147 Å². The number of aromatic nitrogens is 4. The first-order chi connectivity index (χ1) is 11.8. The first-order valence-corrected chi connectivity index (χ1v) is 9.28. The minimum absolute atomic E-state index is 0.0140. The first kappa shape index (κ1) is 18.7. The van der Waals surface area contributed by atoms with Crippen molar-refractivity contribution in [3.8, 4) is 0 Å². The van der Waals surface area contributed by atoms with E-state index in [9.17, 15) is 19.7 Å². The van der Waals surface area contributed by atoms with Crippen molar-refractivity contribution in [2.24, 2.45) is 0 Å². The van der Waals surface area contributed by atoms with Gasteiger partial charge in [0.15, 0.2) is 11.9 Å². The lowest BCUT2D eigenvalue weighted by Gasteiger charge is -2.17. The highest BCUT2D eigenvalue weighted by Gasteiger charge is 2.45. The summed E-state index contributed by atoms with van der Waals surface area (Å²) in [6.45, 7) is 1.08. The molecule has 2 aromatic heterocycles. The van der Waals surface area contributed by atoms with Crippen molar-refractivity contribution in [1.82, 2.24) is 19.5 Å². The number of hydrogen-bond acceptors (Lipinski definition) is 10. The van der Waals surface area contributed by atoms with Crippen LogP contribution in [0.2, 0.25) is 0 Å². The van der Waals surface area contributed by atoms with Crippen molar-refractivity contribution in [3.05, 3.63) is 12.7 Å². The summed E-state index contributed by atoms with van der Waals surface area (Å²) in [5.41, 5.74) is 0.770. The zero-order valence-corrected chi connectivity index (χ0v) is 14.8. The van der Waals surface area contributed by atoms with Gasteiger partial charge in [-0.25, -0.2) is 19.5 Å². The van der Waals surface area contributed by atoms with Gasteiger partial charge in [-0.2, -0.15) is 0 Å². The van der Waals surface area contributed by atoms with Crippen LogP contribution in [0.25, 0.3) is 11.2 Å². The third-order valence-electron chi connectivity index (χ3n) is 3.65. The van der Waals surface area contributed by atoms with Crippen LogP contribution in [0, 0.1) is 0 Å². The predicted molar refractivity (Wildman–Crippen MR) is 85.9 cm³/mol. The third-order valence-corrected chi connectivity index (χ3v) is 5.03. The maximum atomic E-state index is 11.6. The number of fused-ring (bicyclic) bond motifs is 1. The van der Waals surface area contributed by atoms with E-state index in [1.165, 1.54) is 24.1 Å². The van der Waals surface area contributed by atoms with Gasteiger partial charge >= 0.3 is 7.82 Å². The molecule has 138 valence electrons. The Kier molecular flexibility index (Phi) is 5.42.